The van der Waals surface area contributed by atoms with Gasteiger partial charge in [0.2, 0.25) is 5.91 Å². The number of aromatic nitrogens is 2. The highest BCUT2D eigenvalue weighted by Gasteiger charge is 2.27. The first-order chi connectivity index (χ1) is 14.9. The fourth-order valence-electron chi connectivity index (χ4n) is 3.61. The summed E-state index contributed by atoms with van der Waals surface area (Å²) >= 11 is 0. The Morgan fingerprint density at radius 1 is 1.03 bits per heavy atom. The van der Waals surface area contributed by atoms with E-state index < -0.39 is 11.2 Å². The number of rotatable bonds is 9. The molecule has 2 aromatic rings. The third-order valence-electron chi connectivity index (χ3n) is 5.18. The van der Waals surface area contributed by atoms with Crippen LogP contribution in [0.2, 0.25) is 0 Å². The van der Waals surface area contributed by atoms with Crippen LogP contribution < -0.4 is 26.8 Å². The van der Waals surface area contributed by atoms with Crippen molar-refractivity contribution in [2.75, 3.05) is 28.6 Å². The minimum atomic E-state index is -0.645. The first kappa shape index (κ1) is 25.2. The molecular weight excluding hydrogens is 406 g/mol. The lowest BCUT2D eigenvalue weighted by Gasteiger charge is -2.32. The van der Waals surface area contributed by atoms with Crippen molar-refractivity contribution in [3.63, 3.8) is 0 Å². The van der Waals surface area contributed by atoms with Crippen molar-refractivity contribution >= 4 is 23.1 Å². The number of hydrogen-bond donors (Lipinski definition) is 2. The number of H-pyrrole nitrogens is 1. The van der Waals surface area contributed by atoms with Gasteiger partial charge in [0, 0.05) is 24.8 Å². The Morgan fingerprint density at radius 3 is 2.12 bits per heavy atom. The number of nitrogens with zero attached hydrogens (tertiary/aromatic N) is 3. The molecule has 0 radical (unpaired) electrons. The molecule has 0 unspecified atom stereocenters. The molecule has 0 bridgehead atoms. The van der Waals surface area contributed by atoms with Gasteiger partial charge in [-0.1, -0.05) is 45.4 Å². The van der Waals surface area contributed by atoms with E-state index in [1.54, 1.807) is 0 Å². The standard InChI is InChI=1S/C24H37N5O3/c1-15(2)12-28(21-22(25)29(13-16(3)4)24(32)26-23(21)31)20(30)14-27(17(5)6)19-10-8-18(7)9-11-19/h8-11,15-17H,12-14,25H2,1-7H3,(H,26,31,32). The largest absolute Gasteiger partial charge is 0.383 e. The molecule has 0 saturated carbocycles. The molecule has 176 valence electrons. The minimum absolute atomic E-state index is 0.0212. The molecule has 8 heteroatoms. The fraction of sp³-hybridized carbons (Fsp3) is 0.542. The molecule has 8 nitrogen and oxygen atoms in total. The van der Waals surface area contributed by atoms with Gasteiger partial charge < -0.3 is 15.5 Å². The number of carbonyl (C=O) groups excluding carboxylic acids is 1. The molecule has 0 aliphatic rings. The highest BCUT2D eigenvalue weighted by Crippen LogP contribution is 2.22. The van der Waals surface area contributed by atoms with Crippen LogP contribution in [-0.4, -0.2) is 34.6 Å². The number of aromatic amines is 1. The zero-order valence-electron chi connectivity index (χ0n) is 20.3. The lowest BCUT2D eigenvalue weighted by Crippen LogP contribution is -2.48. The second kappa shape index (κ2) is 10.5. The van der Waals surface area contributed by atoms with Crippen molar-refractivity contribution in [3.8, 4) is 0 Å². The summed E-state index contributed by atoms with van der Waals surface area (Å²) in [6.07, 6.45) is 0. The smallest absolute Gasteiger partial charge is 0.330 e. The molecule has 1 amide bonds. The molecule has 0 aliphatic heterocycles. The van der Waals surface area contributed by atoms with E-state index in [0.29, 0.717) is 13.1 Å². The number of carbonyl (C=O) groups is 1. The average Bonchev–Trinajstić information content (AvgIpc) is 2.68. The molecule has 0 fully saturated rings. The van der Waals surface area contributed by atoms with Gasteiger partial charge in [0.25, 0.3) is 5.56 Å². The first-order valence-corrected chi connectivity index (χ1v) is 11.2. The molecule has 2 rings (SSSR count). The third kappa shape index (κ3) is 6.02. The van der Waals surface area contributed by atoms with Crippen LogP contribution in [0.1, 0.15) is 47.1 Å². The van der Waals surface area contributed by atoms with Gasteiger partial charge in [-0.15, -0.1) is 0 Å². The molecule has 0 saturated heterocycles. The van der Waals surface area contributed by atoms with Crippen LogP contribution in [0, 0.1) is 18.8 Å². The SMILES string of the molecule is Cc1ccc(N(CC(=O)N(CC(C)C)c2c(N)n(CC(C)C)c(=O)[nH]c2=O)C(C)C)cc1. The number of aryl methyl sites for hydroxylation is 1. The second-order valence-electron chi connectivity index (χ2n) is 9.45. The molecule has 0 atom stereocenters. The minimum Gasteiger partial charge on any atom is -0.383 e. The number of amides is 1. The molecule has 3 N–H and O–H groups in total. The van der Waals surface area contributed by atoms with Gasteiger partial charge in [-0.3, -0.25) is 19.1 Å². The Hall–Kier alpha value is -3.03. The van der Waals surface area contributed by atoms with Crippen LogP contribution in [0.25, 0.3) is 0 Å². The van der Waals surface area contributed by atoms with Crippen molar-refractivity contribution in [3.05, 3.63) is 50.7 Å². The maximum Gasteiger partial charge on any atom is 0.330 e. The summed E-state index contributed by atoms with van der Waals surface area (Å²) in [4.78, 5) is 44.5. The highest BCUT2D eigenvalue weighted by atomic mass is 16.2. The van der Waals surface area contributed by atoms with Crippen LogP contribution >= 0.6 is 0 Å². The molecule has 1 heterocycles. The summed E-state index contributed by atoms with van der Waals surface area (Å²) < 4.78 is 1.34. The van der Waals surface area contributed by atoms with Crippen LogP contribution in [0.15, 0.2) is 33.9 Å². The van der Waals surface area contributed by atoms with Gasteiger partial charge >= 0.3 is 5.69 Å². The van der Waals surface area contributed by atoms with Crippen molar-refractivity contribution < 1.29 is 4.79 Å². The van der Waals surface area contributed by atoms with Crippen molar-refractivity contribution in [1.82, 2.24) is 9.55 Å². The predicted octanol–water partition coefficient (Wildman–Crippen LogP) is 2.99. The second-order valence-corrected chi connectivity index (χ2v) is 9.45. The molecule has 0 spiro atoms. The Balaban J connectivity index is 2.52. The molecule has 32 heavy (non-hydrogen) atoms. The summed E-state index contributed by atoms with van der Waals surface area (Å²) in [5.41, 5.74) is 7.19. The Labute approximate surface area is 190 Å². The van der Waals surface area contributed by atoms with Gasteiger partial charge in [0.1, 0.15) is 5.82 Å². The Bertz CT molecular complexity index is 1040. The summed E-state index contributed by atoms with van der Waals surface area (Å²) in [7, 11) is 0. The number of nitrogens with one attached hydrogen (secondary N) is 1. The third-order valence-corrected chi connectivity index (χ3v) is 5.18. The number of nitrogens with two attached hydrogens (primary N) is 1. The summed E-state index contributed by atoms with van der Waals surface area (Å²) in [5.74, 6) is 0.00359. The summed E-state index contributed by atoms with van der Waals surface area (Å²) in [5, 5.41) is 0. The summed E-state index contributed by atoms with van der Waals surface area (Å²) in [6, 6.07) is 8.05. The van der Waals surface area contributed by atoms with Gasteiger partial charge in [0.15, 0.2) is 5.69 Å². The van der Waals surface area contributed by atoms with E-state index in [-0.39, 0.29) is 41.8 Å². The topological polar surface area (TPSA) is 104 Å². The van der Waals surface area contributed by atoms with Crippen molar-refractivity contribution in [2.45, 2.75) is 61.1 Å². The Kier molecular flexibility index (Phi) is 8.30. The van der Waals surface area contributed by atoms with Crippen LogP contribution in [0.5, 0.6) is 0 Å². The van der Waals surface area contributed by atoms with E-state index in [9.17, 15) is 14.4 Å². The van der Waals surface area contributed by atoms with Crippen LogP contribution in [0.3, 0.4) is 0 Å². The first-order valence-electron chi connectivity index (χ1n) is 11.2. The molecule has 1 aromatic heterocycles. The number of nitrogen functional groups attached to an aromatic ring is 1. The maximum atomic E-state index is 13.5. The summed E-state index contributed by atoms with van der Waals surface area (Å²) in [6.45, 7) is 14.6. The van der Waals surface area contributed by atoms with E-state index in [1.165, 1.54) is 9.47 Å². The van der Waals surface area contributed by atoms with Crippen LogP contribution in [-0.2, 0) is 11.3 Å². The maximum absolute atomic E-state index is 13.5. The van der Waals surface area contributed by atoms with Crippen LogP contribution in [0.4, 0.5) is 17.2 Å². The number of benzene rings is 1. The lowest BCUT2D eigenvalue weighted by molar-refractivity contribution is -0.117. The quantitative estimate of drug-likeness (QED) is 0.620. The zero-order chi connectivity index (χ0) is 24.2. The van der Waals surface area contributed by atoms with Gasteiger partial charge in [0.05, 0.1) is 6.54 Å². The number of anilines is 3. The van der Waals surface area contributed by atoms with Gasteiger partial charge in [-0.05, 0) is 44.7 Å². The molecule has 1 aromatic carbocycles. The highest BCUT2D eigenvalue weighted by molar-refractivity contribution is 5.98. The van der Waals surface area contributed by atoms with E-state index >= 15 is 0 Å². The number of hydrogen-bond acceptors (Lipinski definition) is 5. The molecule has 0 aliphatic carbocycles. The fourth-order valence-corrected chi connectivity index (χ4v) is 3.61. The van der Waals surface area contributed by atoms with E-state index in [4.69, 9.17) is 5.73 Å². The lowest BCUT2D eigenvalue weighted by atomic mass is 10.1. The molecular formula is C24H37N5O3. The van der Waals surface area contributed by atoms with E-state index in [1.807, 2.05) is 77.6 Å². The normalized spacial score (nSPS) is 11.4. The van der Waals surface area contributed by atoms with E-state index in [0.717, 1.165) is 11.3 Å². The van der Waals surface area contributed by atoms with Crippen molar-refractivity contribution in [1.29, 1.82) is 0 Å². The Morgan fingerprint density at radius 2 is 1.62 bits per heavy atom. The average molecular weight is 444 g/mol. The van der Waals surface area contributed by atoms with Gasteiger partial charge in [-0.25, -0.2) is 4.79 Å². The monoisotopic (exact) mass is 443 g/mol. The van der Waals surface area contributed by atoms with Crippen molar-refractivity contribution in [2.24, 2.45) is 11.8 Å². The predicted molar refractivity (Wildman–Crippen MR) is 131 cm³/mol. The zero-order valence-corrected chi connectivity index (χ0v) is 20.3. The van der Waals surface area contributed by atoms with E-state index in [2.05, 4.69) is 4.98 Å². The van der Waals surface area contributed by atoms with Gasteiger partial charge in [-0.2, -0.15) is 0 Å².